The predicted octanol–water partition coefficient (Wildman–Crippen LogP) is 4.27. The summed E-state index contributed by atoms with van der Waals surface area (Å²) in [7, 11) is 1.66. The maximum absolute atomic E-state index is 12.6. The van der Waals surface area contributed by atoms with Crippen molar-refractivity contribution in [2.45, 2.75) is 47.1 Å². The normalized spacial score (nSPS) is 12.4. The Hall–Kier alpha value is -2.82. The van der Waals surface area contributed by atoms with E-state index in [1.54, 1.807) is 13.2 Å². The molecule has 2 aromatic rings. The lowest BCUT2D eigenvalue weighted by Crippen LogP contribution is -2.48. The molecule has 1 unspecified atom stereocenters. The van der Waals surface area contributed by atoms with Crippen LogP contribution >= 0.6 is 0 Å². The number of aromatic amines is 1. The fourth-order valence-electron chi connectivity index (χ4n) is 3.28. The maximum Gasteiger partial charge on any atom is 0.246 e. The Balaban J connectivity index is 2.17. The summed E-state index contributed by atoms with van der Waals surface area (Å²) < 4.78 is 0. The van der Waals surface area contributed by atoms with Crippen LogP contribution in [0.5, 0.6) is 0 Å². The van der Waals surface area contributed by atoms with E-state index in [1.165, 1.54) is 23.0 Å². The van der Waals surface area contributed by atoms with Crippen LogP contribution in [0.4, 0.5) is 0 Å². The van der Waals surface area contributed by atoms with Crippen molar-refractivity contribution in [2.75, 3.05) is 7.05 Å². The van der Waals surface area contributed by atoms with E-state index in [0.29, 0.717) is 0 Å². The van der Waals surface area contributed by atoms with Gasteiger partial charge in [-0.3, -0.25) is 9.59 Å². The van der Waals surface area contributed by atoms with E-state index in [4.69, 9.17) is 0 Å². The molecule has 5 heteroatoms. The standard InChI is InChI=1S/C23H31N3O2/c1-15(2)10-11-18-8-7-9-20-19(14-25-21(18)20)12-13-24-23(28)22(16(3)4)26(6)17(5)27/h7-10,12-14,16,22,25H,11H2,1-6H3,(H,24,28). The van der Waals surface area contributed by atoms with E-state index in [0.717, 1.165) is 22.9 Å². The molecule has 2 rings (SSSR count). The van der Waals surface area contributed by atoms with Gasteiger partial charge in [-0.15, -0.1) is 0 Å². The third-order valence-corrected chi connectivity index (χ3v) is 4.87. The Kier molecular flexibility index (Phi) is 7.21. The van der Waals surface area contributed by atoms with E-state index in [-0.39, 0.29) is 17.7 Å². The number of para-hydroxylation sites is 1. The number of fused-ring (bicyclic) bond motifs is 1. The Labute approximate surface area is 167 Å². The van der Waals surface area contributed by atoms with Crippen molar-refractivity contribution in [3.63, 3.8) is 0 Å². The molecule has 1 heterocycles. The quantitative estimate of drug-likeness (QED) is 0.704. The summed E-state index contributed by atoms with van der Waals surface area (Å²) in [5.74, 6) is -0.292. The molecule has 0 radical (unpaired) electrons. The van der Waals surface area contributed by atoms with Crippen LogP contribution < -0.4 is 5.32 Å². The summed E-state index contributed by atoms with van der Waals surface area (Å²) in [4.78, 5) is 29.0. The van der Waals surface area contributed by atoms with E-state index in [9.17, 15) is 9.59 Å². The molecule has 0 bridgehead atoms. The average molecular weight is 382 g/mol. The summed E-state index contributed by atoms with van der Waals surface area (Å²) in [6.07, 6.45) is 8.57. The van der Waals surface area contributed by atoms with Gasteiger partial charge < -0.3 is 15.2 Å². The van der Waals surface area contributed by atoms with Gasteiger partial charge in [-0.2, -0.15) is 0 Å². The molecule has 1 aromatic heterocycles. The number of carbonyl (C=O) groups is 2. The minimum absolute atomic E-state index is 0.0213. The molecule has 28 heavy (non-hydrogen) atoms. The summed E-state index contributed by atoms with van der Waals surface area (Å²) in [6.45, 7) is 9.53. The number of benzene rings is 1. The molecule has 0 aliphatic rings. The van der Waals surface area contributed by atoms with E-state index < -0.39 is 6.04 Å². The molecule has 0 fully saturated rings. The molecule has 5 nitrogen and oxygen atoms in total. The summed E-state index contributed by atoms with van der Waals surface area (Å²) >= 11 is 0. The first kappa shape index (κ1) is 21.5. The second-order valence-corrected chi connectivity index (χ2v) is 7.73. The molecule has 0 saturated carbocycles. The smallest absolute Gasteiger partial charge is 0.246 e. The molecule has 1 aromatic carbocycles. The number of aromatic nitrogens is 1. The fourth-order valence-corrected chi connectivity index (χ4v) is 3.28. The fraction of sp³-hybridized carbons (Fsp3) is 0.391. The first-order valence-corrected chi connectivity index (χ1v) is 9.65. The van der Waals surface area contributed by atoms with Gasteiger partial charge in [-0.1, -0.05) is 43.7 Å². The Morgan fingerprint density at radius 3 is 2.54 bits per heavy atom. The topological polar surface area (TPSA) is 65.2 Å². The van der Waals surface area contributed by atoms with Crippen LogP contribution in [0.15, 0.2) is 42.2 Å². The third-order valence-electron chi connectivity index (χ3n) is 4.87. The van der Waals surface area contributed by atoms with Gasteiger partial charge >= 0.3 is 0 Å². The van der Waals surface area contributed by atoms with Crippen LogP contribution in [-0.4, -0.2) is 34.8 Å². The van der Waals surface area contributed by atoms with Crippen LogP contribution in [0, 0.1) is 5.92 Å². The van der Waals surface area contributed by atoms with Crippen LogP contribution in [0.25, 0.3) is 17.0 Å². The van der Waals surface area contributed by atoms with Crippen molar-refractivity contribution in [1.82, 2.24) is 15.2 Å². The Bertz CT molecular complexity index is 902. The number of hydrogen-bond acceptors (Lipinski definition) is 2. The monoisotopic (exact) mass is 381 g/mol. The summed E-state index contributed by atoms with van der Waals surface area (Å²) in [5.41, 5.74) is 4.66. The SMILES string of the molecule is CC(=O)N(C)C(C(=O)NC=Cc1c[nH]c2c(CC=C(C)C)cccc12)C(C)C. The second kappa shape index (κ2) is 9.40. The molecule has 0 aliphatic carbocycles. The van der Waals surface area contributed by atoms with E-state index in [2.05, 4.69) is 48.4 Å². The number of H-pyrrole nitrogens is 1. The Morgan fingerprint density at radius 1 is 1.21 bits per heavy atom. The predicted molar refractivity (Wildman–Crippen MR) is 116 cm³/mol. The molecule has 1 atom stereocenters. The molecule has 0 aliphatic heterocycles. The van der Waals surface area contributed by atoms with Gasteiger partial charge in [0.25, 0.3) is 0 Å². The zero-order chi connectivity index (χ0) is 20.8. The van der Waals surface area contributed by atoms with Gasteiger partial charge in [-0.05, 0) is 37.8 Å². The summed E-state index contributed by atoms with van der Waals surface area (Å²) in [5, 5.41) is 3.94. The highest BCUT2D eigenvalue weighted by Gasteiger charge is 2.27. The highest BCUT2D eigenvalue weighted by molar-refractivity contribution is 5.92. The van der Waals surface area contributed by atoms with E-state index in [1.807, 2.05) is 26.1 Å². The molecule has 150 valence electrons. The lowest BCUT2D eigenvalue weighted by Gasteiger charge is -2.28. The second-order valence-electron chi connectivity index (χ2n) is 7.73. The molecule has 2 N–H and O–H groups in total. The number of nitrogens with zero attached hydrogens (tertiary/aromatic N) is 1. The van der Waals surface area contributed by atoms with Crippen LogP contribution in [0.2, 0.25) is 0 Å². The number of carbonyl (C=O) groups excluding carboxylic acids is 2. The number of nitrogens with one attached hydrogen (secondary N) is 2. The minimum Gasteiger partial charge on any atom is -0.360 e. The number of allylic oxidation sites excluding steroid dienone is 2. The van der Waals surface area contributed by atoms with Crippen LogP contribution in [-0.2, 0) is 16.0 Å². The number of amides is 2. The first-order chi connectivity index (χ1) is 13.2. The van der Waals surface area contributed by atoms with Crippen molar-refractivity contribution in [2.24, 2.45) is 5.92 Å². The van der Waals surface area contributed by atoms with Crippen LogP contribution in [0.1, 0.15) is 45.7 Å². The molecule has 2 amide bonds. The largest absolute Gasteiger partial charge is 0.360 e. The lowest BCUT2D eigenvalue weighted by molar-refractivity contribution is -0.138. The van der Waals surface area contributed by atoms with Gasteiger partial charge in [0.2, 0.25) is 11.8 Å². The van der Waals surface area contributed by atoms with E-state index >= 15 is 0 Å². The molecular formula is C23H31N3O2. The van der Waals surface area contributed by atoms with Crippen molar-refractivity contribution >= 4 is 28.8 Å². The zero-order valence-electron chi connectivity index (χ0n) is 17.7. The lowest BCUT2D eigenvalue weighted by atomic mass is 10.0. The van der Waals surface area contributed by atoms with Crippen molar-refractivity contribution < 1.29 is 9.59 Å². The highest BCUT2D eigenvalue weighted by atomic mass is 16.2. The first-order valence-electron chi connectivity index (χ1n) is 9.65. The van der Waals surface area contributed by atoms with Gasteiger partial charge in [0.15, 0.2) is 0 Å². The third kappa shape index (κ3) is 5.12. The van der Waals surface area contributed by atoms with Crippen molar-refractivity contribution in [3.8, 4) is 0 Å². The molecule has 0 spiro atoms. The summed E-state index contributed by atoms with van der Waals surface area (Å²) in [6, 6.07) is 5.75. The van der Waals surface area contributed by atoms with Gasteiger partial charge in [0, 0.05) is 42.8 Å². The minimum atomic E-state index is -0.499. The Morgan fingerprint density at radius 2 is 1.93 bits per heavy atom. The zero-order valence-corrected chi connectivity index (χ0v) is 17.7. The maximum atomic E-state index is 12.6. The van der Waals surface area contributed by atoms with Gasteiger partial charge in [0.05, 0.1) is 0 Å². The van der Waals surface area contributed by atoms with Crippen LogP contribution in [0.3, 0.4) is 0 Å². The average Bonchev–Trinajstić information content (AvgIpc) is 3.03. The highest BCUT2D eigenvalue weighted by Crippen LogP contribution is 2.23. The number of rotatable bonds is 7. The van der Waals surface area contributed by atoms with Crippen molar-refractivity contribution in [1.29, 1.82) is 0 Å². The number of hydrogen-bond donors (Lipinski definition) is 2. The van der Waals surface area contributed by atoms with Crippen molar-refractivity contribution in [3.05, 3.63) is 53.4 Å². The van der Waals surface area contributed by atoms with Gasteiger partial charge in [0.1, 0.15) is 6.04 Å². The number of likely N-dealkylation sites (N-methyl/N-ethyl adjacent to an activating group) is 1. The molecular weight excluding hydrogens is 350 g/mol. The van der Waals surface area contributed by atoms with Gasteiger partial charge in [-0.25, -0.2) is 0 Å². The molecule has 0 saturated heterocycles.